The van der Waals surface area contributed by atoms with Gasteiger partial charge in [0.05, 0.1) is 23.1 Å². The molecule has 1 N–H and O–H groups in total. The third kappa shape index (κ3) is 7.16. The molecule has 1 unspecified atom stereocenters. The molecule has 2 saturated heterocycles. The second-order valence-corrected chi connectivity index (χ2v) is 11.6. The van der Waals surface area contributed by atoms with E-state index >= 15 is 0 Å². The highest BCUT2D eigenvalue weighted by molar-refractivity contribution is 5.98. The zero-order chi connectivity index (χ0) is 32.5. The van der Waals surface area contributed by atoms with Crippen molar-refractivity contribution in [3.05, 3.63) is 100 Å². The van der Waals surface area contributed by atoms with Crippen molar-refractivity contribution in [2.75, 3.05) is 18.4 Å². The molecule has 2 aliphatic rings. The summed E-state index contributed by atoms with van der Waals surface area (Å²) in [5.74, 6) is -2.89. The summed E-state index contributed by atoms with van der Waals surface area (Å²) in [6.45, 7) is 2.14. The van der Waals surface area contributed by atoms with Crippen LogP contribution >= 0.6 is 0 Å². The molecule has 45 heavy (non-hydrogen) atoms. The Labute approximate surface area is 256 Å². The minimum atomic E-state index is -4.62. The van der Waals surface area contributed by atoms with Crippen LogP contribution < -0.4 is 5.32 Å². The molecular formula is C33H32F7N3O2. The van der Waals surface area contributed by atoms with E-state index in [0.717, 1.165) is 12.1 Å². The van der Waals surface area contributed by atoms with Gasteiger partial charge in [-0.1, -0.05) is 42.5 Å². The SMILES string of the molecule is Cc1cccc(F)c1C(=O)N1CCC[C@H](C(=O)Nc2cccc(C(F)(F)F)c2)[C@@H]1c1ccc(CN2CCCC2C(F)(F)F)cc1. The van der Waals surface area contributed by atoms with Gasteiger partial charge in [-0.25, -0.2) is 4.39 Å². The molecule has 3 atom stereocenters. The van der Waals surface area contributed by atoms with Crippen molar-refractivity contribution in [1.82, 2.24) is 9.80 Å². The van der Waals surface area contributed by atoms with Crippen molar-refractivity contribution in [2.24, 2.45) is 5.92 Å². The number of anilines is 1. The number of likely N-dealkylation sites (tertiary alicyclic amines) is 2. The number of carbonyl (C=O) groups excluding carboxylic acids is 2. The number of rotatable bonds is 6. The molecule has 3 aromatic rings. The summed E-state index contributed by atoms with van der Waals surface area (Å²) in [5, 5.41) is 2.56. The Balaban J connectivity index is 1.46. The number of alkyl halides is 6. The van der Waals surface area contributed by atoms with Crippen LogP contribution in [0.2, 0.25) is 0 Å². The predicted octanol–water partition coefficient (Wildman–Crippen LogP) is 7.91. The van der Waals surface area contributed by atoms with Crippen LogP contribution in [0.4, 0.5) is 36.4 Å². The molecule has 2 aliphatic heterocycles. The highest BCUT2D eigenvalue weighted by Crippen LogP contribution is 2.40. The van der Waals surface area contributed by atoms with E-state index < -0.39 is 53.5 Å². The smallest absolute Gasteiger partial charge is 0.331 e. The maximum absolute atomic E-state index is 14.9. The van der Waals surface area contributed by atoms with E-state index in [2.05, 4.69) is 5.32 Å². The summed E-state index contributed by atoms with van der Waals surface area (Å²) in [6.07, 6.45) is -7.84. The summed E-state index contributed by atoms with van der Waals surface area (Å²) in [7, 11) is 0. The zero-order valence-corrected chi connectivity index (χ0v) is 24.4. The summed E-state index contributed by atoms with van der Waals surface area (Å²) in [5.41, 5.74) is 0.355. The summed E-state index contributed by atoms with van der Waals surface area (Å²) in [4.78, 5) is 30.3. The van der Waals surface area contributed by atoms with Crippen LogP contribution in [0.15, 0.2) is 66.7 Å². The zero-order valence-electron chi connectivity index (χ0n) is 24.4. The Bertz CT molecular complexity index is 1520. The molecule has 2 heterocycles. The lowest BCUT2D eigenvalue weighted by atomic mass is 9.83. The molecule has 12 heteroatoms. The van der Waals surface area contributed by atoms with Crippen molar-refractivity contribution in [3.8, 4) is 0 Å². The fourth-order valence-electron chi connectivity index (χ4n) is 6.41. The van der Waals surface area contributed by atoms with E-state index in [9.17, 15) is 40.3 Å². The van der Waals surface area contributed by atoms with Crippen molar-refractivity contribution in [2.45, 2.75) is 63.6 Å². The van der Waals surface area contributed by atoms with Gasteiger partial charge in [0, 0.05) is 18.8 Å². The maximum atomic E-state index is 14.9. The standard InChI is InChI=1S/C33H32F7N3O2/c1-20-6-2-10-26(34)28(20)31(45)43-17-4-9-25(30(44)41-24-8-3-7-23(18-24)32(35,36)37)29(43)22-14-12-21(13-15-22)19-42-16-5-11-27(42)33(38,39)40/h2-3,6-8,10,12-15,18,25,27,29H,4-5,9,11,16-17,19H2,1H3,(H,41,44)/t25-,27?,29-/m0/s1. The van der Waals surface area contributed by atoms with Gasteiger partial charge in [-0.3, -0.25) is 14.5 Å². The van der Waals surface area contributed by atoms with Crippen molar-refractivity contribution in [3.63, 3.8) is 0 Å². The Kier molecular flexibility index (Phi) is 9.25. The van der Waals surface area contributed by atoms with Gasteiger partial charge in [-0.05, 0) is 80.1 Å². The Hall–Kier alpha value is -3.93. The van der Waals surface area contributed by atoms with E-state index in [1.807, 2.05) is 0 Å². The van der Waals surface area contributed by atoms with Crippen molar-refractivity contribution >= 4 is 17.5 Å². The van der Waals surface area contributed by atoms with Gasteiger partial charge in [0.1, 0.15) is 11.9 Å². The molecule has 0 saturated carbocycles. The number of nitrogens with one attached hydrogen (secondary N) is 1. The molecule has 0 aromatic heterocycles. The topological polar surface area (TPSA) is 52.7 Å². The molecule has 0 radical (unpaired) electrons. The number of hydrogen-bond acceptors (Lipinski definition) is 3. The van der Waals surface area contributed by atoms with Crippen LogP contribution in [0.3, 0.4) is 0 Å². The predicted molar refractivity (Wildman–Crippen MR) is 154 cm³/mol. The van der Waals surface area contributed by atoms with E-state index in [1.54, 1.807) is 37.3 Å². The third-order valence-electron chi connectivity index (χ3n) is 8.57. The first-order valence-corrected chi connectivity index (χ1v) is 14.7. The number of nitrogens with zero attached hydrogens (tertiary/aromatic N) is 2. The first kappa shape index (κ1) is 32.5. The van der Waals surface area contributed by atoms with Crippen LogP contribution in [0, 0.1) is 18.7 Å². The maximum Gasteiger partial charge on any atom is 0.416 e. The van der Waals surface area contributed by atoms with Crippen LogP contribution in [0.5, 0.6) is 0 Å². The molecule has 2 fully saturated rings. The number of halogens is 7. The fourth-order valence-corrected chi connectivity index (χ4v) is 6.41. The monoisotopic (exact) mass is 635 g/mol. The Morgan fingerprint density at radius 1 is 0.889 bits per heavy atom. The van der Waals surface area contributed by atoms with E-state index in [4.69, 9.17) is 0 Å². The number of hydrogen-bond donors (Lipinski definition) is 1. The molecule has 5 nitrogen and oxygen atoms in total. The second-order valence-electron chi connectivity index (χ2n) is 11.6. The quantitative estimate of drug-likeness (QED) is 0.280. The molecule has 2 amide bonds. The lowest BCUT2D eigenvalue weighted by molar-refractivity contribution is -0.177. The first-order valence-electron chi connectivity index (χ1n) is 14.7. The van der Waals surface area contributed by atoms with Crippen molar-refractivity contribution < 1.29 is 40.3 Å². The van der Waals surface area contributed by atoms with Gasteiger partial charge >= 0.3 is 12.4 Å². The number of benzene rings is 3. The third-order valence-corrected chi connectivity index (χ3v) is 8.57. The van der Waals surface area contributed by atoms with E-state index in [1.165, 1.54) is 34.1 Å². The summed E-state index contributed by atoms with van der Waals surface area (Å²) >= 11 is 0. The Morgan fingerprint density at radius 2 is 1.58 bits per heavy atom. The molecule has 5 rings (SSSR count). The van der Waals surface area contributed by atoms with Gasteiger partial charge in [0.15, 0.2) is 0 Å². The highest BCUT2D eigenvalue weighted by Gasteiger charge is 2.46. The van der Waals surface area contributed by atoms with Gasteiger partial charge in [-0.15, -0.1) is 0 Å². The largest absolute Gasteiger partial charge is 0.416 e. The number of carbonyl (C=O) groups is 2. The Morgan fingerprint density at radius 3 is 2.24 bits per heavy atom. The number of piperidine rings is 1. The molecule has 0 spiro atoms. The highest BCUT2D eigenvalue weighted by atomic mass is 19.4. The van der Waals surface area contributed by atoms with Gasteiger partial charge in [-0.2, -0.15) is 26.3 Å². The van der Waals surface area contributed by atoms with Crippen LogP contribution in [0.25, 0.3) is 0 Å². The minimum Gasteiger partial charge on any atom is -0.331 e. The van der Waals surface area contributed by atoms with E-state index in [0.29, 0.717) is 36.1 Å². The molecule has 0 bridgehead atoms. The fraction of sp³-hybridized carbons (Fsp3) is 0.394. The summed E-state index contributed by atoms with van der Waals surface area (Å²) < 4.78 is 95.3. The van der Waals surface area contributed by atoms with Crippen LogP contribution in [-0.2, 0) is 17.5 Å². The van der Waals surface area contributed by atoms with Crippen molar-refractivity contribution in [1.29, 1.82) is 0 Å². The average molecular weight is 636 g/mol. The van der Waals surface area contributed by atoms with E-state index in [-0.39, 0.29) is 37.2 Å². The normalized spacial score (nSPS) is 21.2. The molecular weight excluding hydrogens is 603 g/mol. The minimum absolute atomic E-state index is 0.0266. The van der Waals surface area contributed by atoms with Crippen LogP contribution in [-0.4, -0.2) is 46.9 Å². The van der Waals surface area contributed by atoms with Gasteiger partial charge < -0.3 is 10.2 Å². The molecule has 3 aromatic carbocycles. The molecule has 240 valence electrons. The van der Waals surface area contributed by atoms with Crippen LogP contribution in [0.1, 0.15) is 64.3 Å². The summed E-state index contributed by atoms with van der Waals surface area (Å²) in [6, 6.07) is 12.6. The van der Waals surface area contributed by atoms with Gasteiger partial charge in [0.25, 0.3) is 5.91 Å². The second kappa shape index (κ2) is 12.8. The number of aryl methyl sites for hydroxylation is 1. The van der Waals surface area contributed by atoms with Gasteiger partial charge in [0.2, 0.25) is 5.91 Å². The first-order chi connectivity index (χ1) is 21.2. The lowest BCUT2D eigenvalue weighted by Gasteiger charge is -2.41. The number of amides is 2. The average Bonchev–Trinajstić information content (AvgIpc) is 3.46. The lowest BCUT2D eigenvalue weighted by Crippen LogP contribution is -2.46. The molecule has 0 aliphatic carbocycles.